The van der Waals surface area contributed by atoms with E-state index in [1.54, 1.807) is 6.07 Å². The first-order valence-corrected chi connectivity index (χ1v) is 9.49. The van der Waals surface area contributed by atoms with Crippen LogP contribution in [0.15, 0.2) is 28.7 Å². The Bertz CT molecular complexity index is 543. The lowest BCUT2D eigenvalue weighted by Gasteiger charge is -2.20. The Morgan fingerprint density at radius 3 is 2.33 bits per heavy atom. The first-order chi connectivity index (χ1) is 11.6. The first kappa shape index (κ1) is 18.9. The maximum atomic E-state index is 11.9. The molecule has 0 radical (unpaired) electrons. The Morgan fingerprint density at radius 2 is 1.62 bits per heavy atom. The van der Waals surface area contributed by atoms with Gasteiger partial charge in [-0.05, 0) is 40.9 Å². The molecule has 0 heterocycles. The minimum absolute atomic E-state index is 0.0213. The zero-order valence-electron chi connectivity index (χ0n) is 13.9. The van der Waals surface area contributed by atoms with Crippen LogP contribution >= 0.6 is 15.9 Å². The van der Waals surface area contributed by atoms with Crippen molar-refractivity contribution in [3.05, 3.63) is 28.7 Å². The molecule has 0 bridgehead atoms. The first-order valence-electron chi connectivity index (χ1n) is 8.69. The molecule has 3 N–H and O–H groups in total. The largest absolute Gasteiger partial charge is 0.346 e. The summed E-state index contributed by atoms with van der Waals surface area (Å²) in [6.07, 6.45) is 8.64. The highest BCUT2D eigenvalue weighted by Crippen LogP contribution is 2.20. The van der Waals surface area contributed by atoms with E-state index in [1.807, 2.05) is 18.2 Å². The van der Waals surface area contributed by atoms with Gasteiger partial charge in [0.2, 0.25) is 11.8 Å². The summed E-state index contributed by atoms with van der Waals surface area (Å²) < 4.78 is 0.815. The van der Waals surface area contributed by atoms with Crippen LogP contribution in [0.5, 0.6) is 0 Å². The Hall–Kier alpha value is -1.40. The Morgan fingerprint density at radius 1 is 0.958 bits per heavy atom. The van der Waals surface area contributed by atoms with E-state index >= 15 is 0 Å². The van der Waals surface area contributed by atoms with Crippen molar-refractivity contribution in [1.29, 1.82) is 0 Å². The van der Waals surface area contributed by atoms with Crippen LogP contribution in [-0.2, 0) is 9.59 Å². The van der Waals surface area contributed by atoms with E-state index < -0.39 is 0 Å². The SMILES string of the molecule is O=C(CNC1CCCCCCC1)NCC(=O)Nc1ccccc1Br. The fraction of sp³-hybridized carbons (Fsp3) is 0.556. The number of amides is 2. The quantitative estimate of drug-likeness (QED) is 0.692. The molecule has 132 valence electrons. The second kappa shape index (κ2) is 10.5. The zero-order valence-corrected chi connectivity index (χ0v) is 15.5. The van der Waals surface area contributed by atoms with Crippen molar-refractivity contribution in [3.63, 3.8) is 0 Å². The van der Waals surface area contributed by atoms with E-state index in [-0.39, 0.29) is 24.9 Å². The topological polar surface area (TPSA) is 70.2 Å². The monoisotopic (exact) mass is 395 g/mol. The molecule has 0 aromatic heterocycles. The van der Waals surface area contributed by atoms with Gasteiger partial charge in [-0.25, -0.2) is 0 Å². The third-order valence-corrected chi connectivity index (χ3v) is 4.94. The maximum absolute atomic E-state index is 11.9. The van der Waals surface area contributed by atoms with Crippen molar-refractivity contribution in [2.75, 3.05) is 18.4 Å². The van der Waals surface area contributed by atoms with Gasteiger partial charge in [0.25, 0.3) is 0 Å². The molecule has 1 aromatic rings. The number of halogens is 1. The fourth-order valence-electron chi connectivity index (χ4n) is 2.90. The van der Waals surface area contributed by atoms with Gasteiger partial charge >= 0.3 is 0 Å². The van der Waals surface area contributed by atoms with E-state index in [0.717, 1.165) is 17.3 Å². The number of nitrogens with one attached hydrogen (secondary N) is 3. The summed E-state index contributed by atoms with van der Waals surface area (Å²) in [6, 6.07) is 7.80. The van der Waals surface area contributed by atoms with E-state index in [1.165, 1.54) is 32.1 Å². The van der Waals surface area contributed by atoms with Gasteiger partial charge in [0.15, 0.2) is 0 Å². The second-order valence-corrected chi connectivity index (χ2v) is 7.08. The summed E-state index contributed by atoms with van der Waals surface area (Å²) in [7, 11) is 0. The van der Waals surface area contributed by atoms with Crippen LogP contribution in [0, 0.1) is 0 Å². The normalized spacial score (nSPS) is 16.0. The number of rotatable bonds is 6. The summed E-state index contributed by atoms with van der Waals surface area (Å²) in [5.41, 5.74) is 0.699. The minimum atomic E-state index is -0.235. The number of carbonyl (C=O) groups is 2. The molecule has 2 amide bonds. The van der Waals surface area contributed by atoms with Crippen LogP contribution in [0.25, 0.3) is 0 Å². The smallest absolute Gasteiger partial charge is 0.243 e. The van der Waals surface area contributed by atoms with Crippen LogP contribution in [0.1, 0.15) is 44.9 Å². The predicted octanol–water partition coefficient (Wildman–Crippen LogP) is 3.21. The van der Waals surface area contributed by atoms with Gasteiger partial charge in [0, 0.05) is 10.5 Å². The fourth-order valence-corrected chi connectivity index (χ4v) is 3.28. The lowest BCUT2D eigenvalue weighted by atomic mass is 9.97. The Balaban J connectivity index is 1.65. The Kier molecular flexibility index (Phi) is 8.25. The van der Waals surface area contributed by atoms with Crippen molar-refractivity contribution < 1.29 is 9.59 Å². The average molecular weight is 396 g/mol. The molecule has 0 spiro atoms. The molecule has 5 nitrogen and oxygen atoms in total. The third kappa shape index (κ3) is 7.01. The molecule has 24 heavy (non-hydrogen) atoms. The molecular formula is C18H26BrN3O2. The van der Waals surface area contributed by atoms with E-state index in [9.17, 15) is 9.59 Å². The molecule has 0 aliphatic heterocycles. The van der Waals surface area contributed by atoms with Crippen molar-refractivity contribution in [2.45, 2.75) is 51.0 Å². The van der Waals surface area contributed by atoms with Crippen molar-refractivity contribution in [2.24, 2.45) is 0 Å². The number of hydrogen-bond acceptors (Lipinski definition) is 3. The van der Waals surface area contributed by atoms with Gasteiger partial charge in [0.05, 0.1) is 18.8 Å². The lowest BCUT2D eigenvalue weighted by molar-refractivity contribution is -0.123. The van der Waals surface area contributed by atoms with E-state index in [2.05, 4.69) is 31.9 Å². The number of para-hydroxylation sites is 1. The van der Waals surface area contributed by atoms with Gasteiger partial charge in [-0.2, -0.15) is 0 Å². The molecule has 1 fully saturated rings. The predicted molar refractivity (Wildman–Crippen MR) is 99.9 cm³/mol. The van der Waals surface area contributed by atoms with Gasteiger partial charge < -0.3 is 16.0 Å². The molecule has 0 atom stereocenters. The molecule has 1 aliphatic rings. The highest BCUT2D eigenvalue weighted by molar-refractivity contribution is 9.10. The van der Waals surface area contributed by atoms with E-state index in [0.29, 0.717) is 11.7 Å². The van der Waals surface area contributed by atoms with Crippen LogP contribution in [-0.4, -0.2) is 30.9 Å². The lowest BCUT2D eigenvalue weighted by Crippen LogP contribution is -2.41. The third-order valence-electron chi connectivity index (χ3n) is 4.25. The highest BCUT2D eigenvalue weighted by Gasteiger charge is 2.13. The summed E-state index contributed by atoms with van der Waals surface area (Å²) in [5, 5.41) is 8.75. The van der Waals surface area contributed by atoms with Gasteiger partial charge in [0.1, 0.15) is 0 Å². The molecule has 1 aromatic carbocycles. The van der Waals surface area contributed by atoms with Crippen LogP contribution in [0.3, 0.4) is 0 Å². The van der Waals surface area contributed by atoms with Crippen LogP contribution in [0.4, 0.5) is 5.69 Å². The number of carbonyl (C=O) groups excluding carboxylic acids is 2. The van der Waals surface area contributed by atoms with Crippen LogP contribution < -0.4 is 16.0 Å². The van der Waals surface area contributed by atoms with Gasteiger partial charge in [-0.3, -0.25) is 9.59 Å². The zero-order chi connectivity index (χ0) is 17.2. The van der Waals surface area contributed by atoms with Crippen molar-refractivity contribution >= 4 is 33.4 Å². The second-order valence-electron chi connectivity index (χ2n) is 6.23. The van der Waals surface area contributed by atoms with Gasteiger partial charge in [-0.1, -0.05) is 44.2 Å². The summed E-state index contributed by atoms with van der Waals surface area (Å²) in [5.74, 6) is -0.374. The van der Waals surface area contributed by atoms with Crippen molar-refractivity contribution in [1.82, 2.24) is 10.6 Å². The number of benzene rings is 1. The average Bonchev–Trinajstić information content (AvgIpc) is 2.54. The highest BCUT2D eigenvalue weighted by atomic mass is 79.9. The maximum Gasteiger partial charge on any atom is 0.243 e. The summed E-state index contributed by atoms with van der Waals surface area (Å²) in [6.45, 7) is 0.249. The molecule has 0 saturated heterocycles. The molecule has 1 aliphatic carbocycles. The molecule has 0 unspecified atom stereocenters. The molecular weight excluding hydrogens is 370 g/mol. The van der Waals surface area contributed by atoms with Crippen LogP contribution in [0.2, 0.25) is 0 Å². The number of hydrogen-bond donors (Lipinski definition) is 3. The van der Waals surface area contributed by atoms with E-state index in [4.69, 9.17) is 0 Å². The van der Waals surface area contributed by atoms with Crippen molar-refractivity contribution in [3.8, 4) is 0 Å². The number of anilines is 1. The van der Waals surface area contributed by atoms with Gasteiger partial charge in [-0.15, -0.1) is 0 Å². The molecule has 1 saturated carbocycles. The standard InChI is InChI=1S/C18H26BrN3O2/c19-15-10-6-7-11-16(15)22-18(24)13-21-17(23)12-20-14-8-4-2-1-3-5-9-14/h6-7,10-11,14,20H,1-5,8-9,12-13H2,(H,21,23)(H,22,24). The molecule has 6 heteroatoms. The summed E-state index contributed by atoms with van der Waals surface area (Å²) >= 11 is 3.37. The minimum Gasteiger partial charge on any atom is -0.346 e. The Labute approximate surface area is 152 Å². The summed E-state index contributed by atoms with van der Waals surface area (Å²) in [4.78, 5) is 23.8. The molecule has 2 rings (SSSR count).